The van der Waals surface area contributed by atoms with Crippen LogP contribution in [0.5, 0.6) is 0 Å². The van der Waals surface area contributed by atoms with Gasteiger partial charge in [-0.3, -0.25) is 9.48 Å². The molecule has 34 heavy (non-hydrogen) atoms. The zero-order chi connectivity index (χ0) is 24.5. The van der Waals surface area contributed by atoms with E-state index in [2.05, 4.69) is 10.4 Å². The number of hydrogen-bond donors (Lipinski definition) is 1. The fourth-order valence-electron chi connectivity index (χ4n) is 3.66. The average molecular weight is 562 g/mol. The molecule has 2 aromatic carbocycles. The Morgan fingerprint density at radius 2 is 1.62 bits per heavy atom. The number of rotatable bonds is 6. The lowest BCUT2D eigenvalue weighted by atomic mass is 10.2. The molecular formula is C22H20Cl4N4O3S. The predicted octanol–water partition coefficient (Wildman–Crippen LogP) is 5.97. The van der Waals surface area contributed by atoms with Crippen LogP contribution in [-0.4, -0.2) is 41.5 Å². The molecule has 0 spiro atoms. The highest BCUT2D eigenvalue weighted by atomic mass is 35.5. The minimum Gasteiger partial charge on any atom is -0.304 e. The van der Waals surface area contributed by atoms with Gasteiger partial charge in [-0.25, -0.2) is 8.42 Å². The molecule has 0 saturated carbocycles. The number of benzene rings is 2. The van der Waals surface area contributed by atoms with Gasteiger partial charge >= 0.3 is 0 Å². The maximum Gasteiger partial charge on any atom is 0.258 e. The maximum atomic E-state index is 13.1. The largest absolute Gasteiger partial charge is 0.304 e. The summed E-state index contributed by atoms with van der Waals surface area (Å²) in [5, 5.41) is 7.71. The zero-order valence-electron chi connectivity index (χ0n) is 17.8. The number of aromatic nitrogens is 2. The monoisotopic (exact) mass is 560 g/mol. The van der Waals surface area contributed by atoms with Crippen molar-refractivity contribution >= 4 is 68.2 Å². The highest BCUT2D eigenvalue weighted by molar-refractivity contribution is 7.89. The standard InChI is InChI=1S/C22H20Cl4N4O3S/c23-15-6-4-14(5-7-15)12-29-13-19(26)21(28-29)27-22(31)16-10-20(18(25)11-17(16)24)34(32,33)30-8-2-1-3-9-30/h4-7,10-11,13H,1-3,8-9,12H2,(H,27,28,31). The van der Waals surface area contributed by atoms with Crippen LogP contribution in [0.4, 0.5) is 5.82 Å². The molecule has 1 amide bonds. The topological polar surface area (TPSA) is 84.3 Å². The number of amides is 1. The van der Waals surface area contributed by atoms with Crippen molar-refractivity contribution < 1.29 is 13.2 Å². The minimum absolute atomic E-state index is 0.0109. The van der Waals surface area contributed by atoms with E-state index in [1.807, 2.05) is 12.1 Å². The van der Waals surface area contributed by atoms with E-state index in [0.717, 1.165) is 24.8 Å². The van der Waals surface area contributed by atoms with Gasteiger partial charge in [0.25, 0.3) is 5.91 Å². The molecule has 2 heterocycles. The van der Waals surface area contributed by atoms with Gasteiger partial charge in [0, 0.05) is 24.3 Å². The second-order valence-electron chi connectivity index (χ2n) is 7.83. The molecular weight excluding hydrogens is 542 g/mol. The van der Waals surface area contributed by atoms with E-state index in [4.69, 9.17) is 46.4 Å². The number of anilines is 1. The first-order valence-electron chi connectivity index (χ1n) is 10.4. The third-order valence-corrected chi connectivity index (χ3v) is 8.61. The molecule has 180 valence electrons. The number of nitrogens with zero attached hydrogens (tertiary/aromatic N) is 3. The third-order valence-electron chi connectivity index (χ3n) is 5.41. The van der Waals surface area contributed by atoms with Crippen molar-refractivity contribution in [2.45, 2.75) is 30.7 Å². The molecule has 12 heteroatoms. The predicted molar refractivity (Wildman–Crippen MR) is 135 cm³/mol. The Labute approximate surface area is 217 Å². The molecule has 0 atom stereocenters. The summed E-state index contributed by atoms with van der Waals surface area (Å²) in [5.41, 5.74) is 0.889. The first kappa shape index (κ1) is 25.3. The van der Waals surface area contributed by atoms with E-state index < -0.39 is 15.9 Å². The molecule has 1 aliphatic rings. The Morgan fingerprint density at radius 3 is 2.29 bits per heavy atom. The highest BCUT2D eigenvalue weighted by Gasteiger charge is 2.30. The summed E-state index contributed by atoms with van der Waals surface area (Å²) in [4.78, 5) is 12.8. The summed E-state index contributed by atoms with van der Waals surface area (Å²) < 4.78 is 29.2. The number of halogens is 4. The van der Waals surface area contributed by atoms with E-state index in [9.17, 15) is 13.2 Å². The third kappa shape index (κ3) is 5.53. The quantitative estimate of drug-likeness (QED) is 0.401. The van der Waals surface area contributed by atoms with E-state index in [1.165, 1.54) is 16.4 Å². The van der Waals surface area contributed by atoms with Crippen LogP contribution in [0, 0.1) is 0 Å². The molecule has 0 bridgehead atoms. The average Bonchev–Trinajstić information content (AvgIpc) is 3.14. The number of nitrogens with one attached hydrogen (secondary N) is 1. The molecule has 1 saturated heterocycles. The normalized spacial score (nSPS) is 14.8. The molecule has 1 fully saturated rings. The first-order chi connectivity index (χ1) is 16.1. The SMILES string of the molecule is O=C(Nc1nn(Cc2ccc(Cl)cc2)cc1Cl)c1cc(S(=O)(=O)N2CCCCC2)c(Cl)cc1Cl. The van der Waals surface area contributed by atoms with Crippen molar-refractivity contribution in [3.8, 4) is 0 Å². The van der Waals surface area contributed by atoms with Crippen molar-refractivity contribution in [1.29, 1.82) is 0 Å². The maximum absolute atomic E-state index is 13.1. The Kier molecular flexibility index (Phi) is 7.76. The van der Waals surface area contributed by atoms with Gasteiger partial charge in [0.1, 0.15) is 9.92 Å². The fraction of sp³-hybridized carbons (Fsp3) is 0.273. The second kappa shape index (κ2) is 10.4. The molecule has 3 aromatic rings. The van der Waals surface area contributed by atoms with Crippen LogP contribution in [0.1, 0.15) is 35.2 Å². The molecule has 4 rings (SSSR count). The summed E-state index contributed by atoms with van der Waals surface area (Å²) in [6.07, 6.45) is 4.09. The van der Waals surface area contributed by atoms with Gasteiger partial charge in [-0.1, -0.05) is 65.0 Å². The molecule has 7 nitrogen and oxygen atoms in total. The molecule has 1 N–H and O–H groups in total. The fourth-order valence-corrected chi connectivity index (χ4v) is 6.33. The number of piperidine rings is 1. The summed E-state index contributed by atoms with van der Waals surface area (Å²) in [6, 6.07) is 9.70. The van der Waals surface area contributed by atoms with Crippen LogP contribution in [0.2, 0.25) is 20.1 Å². The van der Waals surface area contributed by atoms with Gasteiger partial charge in [-0.05, 0) is 42.7 Å². The number of carbonyl (C=O) groups is 1. The molecule has 0 unspecified atom stereocenters. The van der Waals surface area contributed by atoms with Crippen molar-refractivity contribution in [2.75, 3.05) is 18.4 Å². The first-order valence-corrected chi connectivity index (χ1v) is 13.4. The van der Waals surface area contributed by atoms with E-state index in [-0.39, 0.29) is 31.3 Å². The lowest BCUT2D eigenvalue weighted by Crippen LogP contribution is -2.35. The Hall–Kier alpha value is -1.81. The molecule has 0 aliphatic carbocycles. The Balaban J connectivity index is 1.57. The van der Waals surface area contributed by atoms with Crippen molar-refractivity contribution in [3.05, 3.63) is 73.8 Å². The van der Waals surface area contributed by atoms with E-state index in [1.54, 1.807) is 23.0 Å². The van der Waals surface area contributed by atoms with E-state index >= 15 is 0 Å². The zero-order valence-corrected chi connectivity index (χ0v) is 21.6. The van der Waals surface area contributed by atoms with Crippen molar-refractivity contribution in [1.82, 2.24) is 14.1 Å². The number of carbonyl (C=O) groups excluding carboxylic acids is 1. The van der Waals surface area contributed by atoms with Crippen LogP contribution in [0.15, 0.2) is 47.5 Å². The number of hydrogen-bond acceptors (Lipinski definition) is 4. The minimum atomic E-state index is -3.87. The van der Waals surface area contributed by atoms with Gasteiger partial charge in [0.15, 0.2) is 5.82 Å². The van der Waals surface area contributed by atoms with Crippen LogP contribution < -0.4 is 5.32 Å². The summed E-state index contributed by atoms with van der Waals surface area (Å²) in [7, 11) is -3.87. The van der Waals surface area contributed by atoms with E-state index in [0.29, 0.717) is 24.7 Å². The Morgan fingerprint density at radius 1 is 0.941 bits per heavy atom. The Bertz CT molecular complexity index is 1320. The molecule has 0 radical (unpaired) electrons. The van der Waals surface area contributed by atoms with Crippen LogP contribution >= 0.6 is 46.4 Å². The molecule has 1 aliphatic heterocycles. The van der Waals surface area contributed by atoms with Crippen molar-refractivity contribution in [2.24, 2.45) is 0 Å². The van der Waals surface area contributed by atoms with Gasteiger partial charge in [0.2, 0.25) is 10.0 Å². The summed E-state index contributed by atoms with van der Waals surface area (Å²) >= 11 is 24.6. The van der Waals surface area contributed by atoms with Gasteiger partial charge in [0.05, 0.1) is 22.2 Å². The van der Waals surface area contributed by atoms with Gasteiger partial charge in [-0.2, -0.15) is 9.40 Å². The van der Waals surface area contributed by atoms with Crippen LogP contribution in [0.3, 0.4) is 0 Å². The number of sulfonamides is 1. The highest BCUT2D eigenvalue weighted by Crippen LogP contribution is 2.32. The van der Waals surface area contributed by atoms with Gasteiger partial charge in [-0.15, -0.1) is 0 Å². The summed E-state index contributed by atoms with van der Waals surface area (Å²) in [6.45, 7) is 1.22. The van der Waals surface area contributed by atoms with Crippen LogP contribution in [-0.2, 0) is 16.6 Å². The summed E-state index contributed by atoms with van der Waals surface area (Å²) in [5.74, 6) is -0.539. The molecule has 1 aromatic heterocycles. The smallest absolute Gasteiger partial charge is 0.258 e. The van der Waals surface area contributed by atoms with Gasteiger partial charge < -0.3 is 5.32 Å². The lowest BCUT2D eigenvalue weighted by Gasteiger charge is -2.26. The lowest BCUT2D eigenvalue weighted by molar-refractivity contribution is 0.102. The van der Waals surface area contributed by atoms with Crippen molar-refractivity contribution in [3.63, 3.8) is 0 Å². The van der Waals surface area contributed by atoms with Crippen LogP contribution in [0.25, 0.3) is 0 Å². The second-order valence-corrected chi connectivity index (χ2v) is 11.4.